The number of fused-ring (bicyclic) bond motifs is 2. The Balaban J connectivity index is 1.24. The second-order valence-corrected chi connectivity index (χ2v) is 9.37. The fourth-order valence-corrected chi connectivity index (χ4v) is 5.50. The van der Waals surface area contributed by atoms with E-state index in [0.717, 1.165) is 79.5 Å². The second-order valence-electron chi connectivity index (χ2n) is 9.37. The van der Waals surface area contributed by atoms with E-state index in [4.69, 9.17) is 14.2 Å². The van der Waals surface area contributed by atoms with Gasteiger partial charge in [0.25, 0.3) is 5.56 Å². The molecular weight excluding hydrogens is 409 g/mol. The Morgan fingerprint density at radius 2 is 2.03 bits per heavy atom. The Hall–Kier alpha value is -2.54. The van der Waals surface area contributed by atoms with E-state index in [-0.39, 0.29) is 17.5 Å². The number of halogens is 1. The van der Waals surface area contributed by atoms with Gasteiger partial charge in [0.15, 0.2) is 5.58 Å². The molecule has 0 amide bonds. The van der Waals surface area contributed by atoms with Crippen molar-refractivity contribution in [2.24, 2.45) is 5.92 Å². The lowest BCUT2D eigenvalue weighted by Crippen LogP contribution is -2.38. The number of hydrogen-bond donors (Lipinski definition) is 0. The molecule has 1 fully saturated rings. The van der Waals surface area contributed by atoms with Crippen molar-refractivity contribution >= 4 is 11.0 Å². The van der Waals surface area contributed by atoms with Gasteiger partial charge < -0.3 is 9.26 Å². The third-order valence-electron chi connectivity index (χ3n) is 7.45. The number of rotatable bonds is 5. The van der Waals surface area contributed by atoms with E-state index in [1.54, 1.807) is 13.2 Å². The lowest BCUT2D eigenvalue weighted by molar-refractivity contribution is 0.0684. The number of ether oxygens (including phenoxy) is 1. The van der Waals surface area contributed by atoms with Crippen LogP contribution in [-0.2, 0) is 24.1 Å². The third-order valence-corrected chi connectivity index (χ3v) is 7.45. The van der Waals surface area contributed by atoms with Crippen molar-refractivity contribution in [3.63, 3.8) is 0 Å². The lowest BCUT2D eigenvalue weighted by atomic mass is 9.78. The zero-order valence-electron chi connectivity index (χ0n) is 18.8. The largest absolute Gasteiger partial charge is 0.380 e. The minimum Gasteiger partial charge on any atom is -0.380 e. The summed E-state index contributed by atoms with van der Waals surface area (Å²) in [6.07, 6.45) is 7.75. The highest BCUT2D eigenvalue weighted by Gasteiger charge is 2.27. The second kappa shape index (κ2) is 8.77. The molecule has 0 unspecified atom stereocenters. The molecule has 5 rings (SSSR count). The Kier molecular flexibility index (Phi) is 5.84. The standard InChI is InChI=1S/C25H30FN3O3/c1-15-20(25(30)29-14-19(31-2)9-12-23(29)27-15)10-5-16-3-6-17(7-4-16)24-21-13-18(26)8-11-22(21)32-28-24/h8,11,13,16-17,19H,3-7,9-10,12,14H2,1-2H3/t16?,17?,19-/m0/s1. The molecule has 2 aromatic heterocycles. The number of benzene rings is 1. The van der Waals surface area contributed by atoms with Gasteiger partial charge in [-0.05, 0) is 76.0 Å². The molecule has 0 bridgehead atoms. The van der Waals surface area contributed by atoms with Gasteiger partial charge in [0.1, 0.15) is 11.6 Å². The average molecular weight is 440 g/mol. The molecule has 1 aromatic carbocycles. The van der Waals surface area contributed by atoms with E-state index in [0.29, 0.717) is 24.0 Å². The SMILES string of the molecule is CO[C@H]1CCc2nc(C)c(CCC3CCC(c4noc5ccc(F)cc45)CC3)c(=O)n2C1. The number of nitrogens with zero attached hydrogens (tertiary/aromatic N) is 3. The van der Waals surface area contributed by atoms with Crippen LogP contribution in [0.25, 0.3) is 11.0 Å². The van der Waals surface area contributed by atoms with E-state index < -0.39 is 0 Å². The van der Waals surface area contributed by atoms with Crippen LogP contribution in [0.1, 0.15) is 67.2 Å². The fourth-order valence-electron chi connectivity index (χ4n) is 5.50. The van der Waals surface area contributed by atoms with Crippen molar-refractivity contribution in [3.8, 4) is 0 Å². The topological polar surface area (TPSA) is 70.2 Å². The van der Waals surface area contributed by atoms with E-state index in [1.165, 1.54) is 12.1 Å². The predicted octanol–water partition coefficient (Wildman–Crippen LogP) is 4.70. The first-order chi connectivity index (χ1) is 15.5. The Morgan fingerprint density at radius 1 is 1.22 bits per heavy atom. The maximum Gasteiger partial charge on any atom is 0.257 e. The number of methoxy groups -OCH3 is 1. The summed E-state index contributed by atoms with van der Waals surface area (Å²) in [5, 5.41) is 5.05. The van der Waals surface area contributed by atoms with Gasteiger partial charge in [-0.3, -0.25) is 9.36 Å². The summed E-state index contributed by atoms with van der Waals surface area (Å²) in [6, 6.07) is 4.58. The molecule has 0 radical (unpaired) electrons. The Morgan fingerprint density at radius 3 is 2.81 bits per heavy atom. The normalized spacial score (nSPS) is 23.4. The minimum atomic E-state index is -0.257. The van der Waals surface area contributed by atoms with Crippen LogP contribution in [0, 0.1) is 18.7 Å². The van der Waals surface area contributed by atoms with Crippen molar-refractivity contribution in [3.05, 3.63) is 57.1 Å². The van der Waals surface area contributed by atoms with Gasteiger partial charge in [0.05, 0.1) is 18.3 Å². The van der Waals surface area contributed by atoms with Crippen molar-refractivity contribution in [1.29, 1.82) is 0 Å². The molecule has 7 heteroatoms. The maximum absolute atomic E-state index is 13.7. The zero-order chi connectivity index (χ0) is 22.2. The highest BCUT2D eigenvalue weighted by atomic mass is 19.1. The van der Waals surface area contributed by atoms with Crippen molar-refractivity contribution in [2.75, 3.05) is 7.11 Å². The molecule has 1 atom stereocenters. The summed E-state index contributed by atoms with van der Waals surface area (Å²) in [5.41, 5.74) is 3.38. The van der Waals surface area contributed by atoms with E-state index in [2.05, 4.69) is 5.16 Å². The van der Waals surface area contributed by atoms with Gasteiger partial charge in [-0.2, -0.15) is 0 Å². The van der Waals surface area contributed by atoms with Crippen LogP contribution in [0.15, 0.2) is 27.5 Å². The fraction of sp³-hybridized carbons (Fsp3) is 0.560. The summed E-state index contributed by atoms with van der Waals surface area (Å²) in [5.74, 6) is 1.51. The quantitative estimate of drug-likeness (QED) is 0.576. The summed E-state index contributed by atoms with van der Waals surface area (Å²) >= 11 is 0. The summed E-state index contributed by atoms with van der Waals surface area (Å²) < 4.78 is 26.4. The third kappa shape index (κ3) is 3.98. The number of aryl methyl sites for hydroxylation is 2. The van der Waals surface area contributed by atoms with Crippen LogP contribution in [-0.4, -0.2) is 27.9 Å². The van der Waals surface area contributed by atoms with Crippen molar-refractivity contribution in [1.82, 2.24) is 14.7 Å². The predicted molar refractivity (Wildman–Crippen MR) is 119 cm³/mol. The summed E-state index contributed by atoms with van der Waals surface area (Å²) in [6.45, 7) is 2.56. The molecule has 0 N–H and O–H groups in total. The molecule has 1 aliphatic heterocycles. The van der Waals surface area contributed by atoms with Crippen LogP contribution in [0.3, 0.4) is 0 Å². The van der Waals surface area contributed by atoms with Crippen LogP contribution >= 0.6 is 0 Å². The van der Waals surface area contributed by atoms with Crippen LogP contribution < -0.4 is 5.56 Å². The molecule has 2 aliphatic rings. The van der Waals surface area contributed by atoms with Crippen molar-refractivity contribution < 1.29 is 13.7 Å². The maximum atomic E-state index is 13.7. The smallest absolute Gasteiger partial charge is 0.257 e. The Labute approximate surface area is 186 Å². The summed E-state index contributed by atoms with van der Waals surface area (Å²) in [4.78, 5) is 17.9. The summed E-state index contributed by atoms with van der Waals surface area (Å²) in [7, 11) is 1.71. The zero-order valence-corrected chi connectivity index (χ0v) is 18.8. The van der Waals surface area contributed by atoms with Gasteiger partial charge in [0, 0.05) is 36.1 Å². The van der Waals surface area contributed by atoms with E-state index >= 15 is 0 Å². The monoisotopic (exact) mass is 439 g/mol. The van der Waals surface area contributed by atoms with E-state index in [1.807, 2.05) is 11.5 Å². The molecule has 3 aromatic rings. The molecule has 0 saturated heterocycles. The first-order valence-corrected chi connectivity index (χ1v) is 11.7. The van der Waals surface area contributed by atoms with Gasteiger partial charge in [-0.1, -0.05) is 5.16 Å². The van der Waals surface area contributed by atoms with Crippen molar-refractivity contribution in [2.45, 2.75) is 76.9 Å². The van der Waals surface area contributed by atoms with Gasteiger partial charge in [-0.25, -0.2) is 9.37 Å². The molecular formula is C25H30FN3O3. The van der Waals surface area contributed by atoms with Crippen LogP contribution in [0.2, 0.25) is 0 Å². The molecule has 32 heavy (non-hydrogen) atoms. The first-order valence-electron chi connectivity index (χ1n) is 11.7. The van der Waals surface area contributed by atoms with Crippen LogP contribution in [0.5, 0.6) is 0 Å². The first kappa shape index (κ1) is 21.3. The highest BCUT2D eigenvalue weighted by molar-refractivity contribution is 5.79. The molecule has 0 spiro atoms. The number of aromatic nitrogens is 3. The average Bonchev–Trinajstić information content (AvgIpc) is 3.22. The Bertz CT molecular complexity index is 1180. The molecule has 1 aliphatic carbocycles. The minimum absolute atomic E-state index is 0.0916. The molecule has 6 nitrogen and oxygen atoms in total. The lowest BCUT2D eigenvalue weighted by Gasteiger charge is -2.28. The van der Waals surface area contributed by atoms with Gasteiger partial charge in [-0.15, -0.1) is 0 Å². The van der Waals surface area contributed by atoms with Gasteiger partial charge in [0.2, 0.25) is 0 Å². The molecule has 170 valence electrons. The number of hydrogen-bond acceptors (Lipinski definition) is 5. The molecule has 1 saturated carbocycles. The molecule has 3 heterocycles. The van der Waals surface area contributed by atoms with E-state index in [9.17, 15) is 9.18 Å². The highest BCUT2D eigenvalue weighted by Crippen LogP contribution is 2.39. The van der Waals surface area contributed by atoms with Crippen LogP contribution in [0.4, 0.5) is 4.39 Å². The van der Waals surface area contributed by atoms with Gasteiger partial charge >= 0.3 is 0 Å².